The largest absolute Gasteiger partial charge is 0.489 e. The summed E-state index contributed by atoms with van der Waals surface area (Å²) in [5, 5.41) is 3.12. The molecule has 0 unspecified atom stereocenters. The lowest BCUT2D eigenvalue weighted by atomic mass is 10.3. The third-order valence-corrected chi connectivity index (χ3v) is 3.37. The van der Waals surface area contributed by atoms with Gasteiger partial charge in [0.1, 0.15) is 12.1 Å². The van der Waals surface area contributed by atoms with Crippen LogP contribution in [0.15, 0.2) is 35.5 Å². The van der Waals surface area contributed by atoms with Crippen molar-refractivity contribution in [1.29, 1.82) is 0 Å². The highest BCUT2D eigenvalue weighted by Gasteiger charge is 2.15. The first-order valence-corrected chi connectivity index (χ1v) is 7.46. The smallest absolute Gasteiger partial charge is 0.268 e. The summed E-state index contributed by atoms with van der Waals surface area (Å²) in [6.45, 7) is 2.74. The Balaban J connectivity index is 2.35. The number of aromatic nitrogens is 2. The zero-order valence-electron chi connectivity index (χ0n) is 11.7. The molecule has 0 aliphatic rings. The van der Waals surface area contributed by atoms with Crippen LogP contribution in [0, 0.1) is 0 Å². The van der Waals surface area contributed by atoms with E-state index in [-0.39, 0.29) is 0 Å². The number of para-hydroxylation sites is 1. The van der Waals surface area contributed by atoms with Gasteiger partial charge in [-0.1, -0.05) is 12.1 Å². The monoisotopic (exact) mass is 291 g/mol. The van der Waals surface area contributed by atoms with E-state index in [0.717, 1.165) is 17.2 Å². The van der Waals surface area contributed by atoms with Crippen molar-refractivity contribution in [3.63, 3.8) is 0 Å². The van der Waals surface area contributed by atoms with E-state index in [1.54, 1.807) is 18.9 Å². The topological polar surface area (TPSA) is 56.3 Å². The second kappa shape index (κ2) is 7.00. The van der Waals surface area contributed by atoms with Crippen LogP contribution >= 0.6 is 11.8 Å². The molecule has 0 radical (unpaired) electrons. The normalized spacial score (nSPS) is 10.2. The van der Waals surface area contributed by atoms with Crippen LogP contribution in [0.1, 0.15) is 6.92 Å². The Kier molecular flexibility index (Phi) is 5.06. The number of anilines is 1. The average molecular weight is 291 g/mol. The number of methoxy groups -OCH3 is 1. The van der Waals surface area contributed by atoms with Crippen molar-refractivity contribution in [2.75, 3.05) is 25.2 Å². The number of nitrogens with one attached hydrogen (secondary N) is 1. The molecule has 0 amide bonds. The van der Waals surface area contributed by atoms with Gasteiger partial charge in [-0.15, -0.1) is 11.8 Å². The van der Waals surface area contributed by atoms with Gasteiger partial charge in [0.15, 0.2) is 5.82 Å². The lowest BCUT2D eigenvalue weighted by Crippen LogP contribution is -2.04. The molecule has 0 spiro atoms. The van der Waals surface area contributed by atoms with Gasteiger partial charge in [0.05, 0.1) is 7.11 Å². The zero-order chi connectivity index (χ0) is 14.4. The summed E-state index contributed by atoms with van der Waals surface area (Å²) in [7, 11) is 1.58. The number of benzene rings is 1. The van der Waals surface area contributed by atoms with Gasteiger partial charge in [0, 0.05) is 11.4 Å². The molecule has 0 saturated heterocycles. The molecule has 0 bridgehead atoms. The first-order valence-electron chi connectivity index (χ1n) is 6.23. The molecule has 1 N–H and O–H groups in total. The standard InChI is InChI=1S/C14H17N3O2S/c1-4-15-13-12(18-2)14(17-9-16-13)19-10-7-5-6-8-11(10)20-3/h5-9H,4H2,1-3H3,(H,15,16,17). The van der Waals surface area contributed by atoms with Crippen LogP contribution in [0.5, 0.6) is 17.4 Å². The third-order valence-electron chi connectivity index (χ3n) is 2.60. The fraction of sp³-hybridized carbons (Fsp3) is 0.286. The number of thioether (sulfide) groups is 1. The van der Waals surface area contributed by atoms with E-state index in [1.165, 1.54) is 6.33 Å². The molecule has 0 aliphatic heterocycles. The van der Waals surface area contributed by atoms with E-state index < -0.39 is 0 Å². The summed E-state index contributed by atoms with van der Waals surface area (Å²) in [5.41, 5.74) is 0. The van der Waals surface area contributed by atoms with Crippen molar-refractivity contribution < 1.29 is 9.47 Å². The molecule has 1 aromatic heterocycles. The Morgan fingerprint density at radius 2 is 2.05 bits per heavy atom. The molecule has 106 valence electrons. The summed E-state index contributed by atoms with van der Waals surface area (Å²) in [4.78, 5) is 9.35. The minimum Gasteiger partial charge on any atom is -0.489 e. The van der Waals surface area contributed by atoms with Crippen LogP contribution in [0.2, 0.25) is 0 Å². The minimum atomic E-state index is 0.403. The maximum atomic E-state index is 5.87. The highest BCUT2D eigenvalue weighted by Crippen LogP contribution is 2.37. The first kappa shape index (κ1) is 14.5. The SMILES string of the molecule is CCNc1ncnc(Oc2ccccc2SC)c1OC. The fourth-order valence-corrected chi connectivity index (χ4v) is 2.24. The van der Waals surface area contributed by atoms with E-state index in [0.29, 0.717) is 17.4 Å². The molecule has 0 atom stereocenters. The van der Waals surface area contributed by atoms with Crippen LogP contribution in [0.4, 0.5) is 5.82 Å². The summed E-state index contributed by atoms with van der Waals surface area (Å²) in [6, 6.07) is 7.80. The molecule has 0 aliphatic carbocycles. The van der Waals surface area contributed by atoms with Crippen LogP contribution in [-0.4, -0.2) is 29.9 Å². The number of rotatable bonds is 6. The molecular weight excluding hydrogens is 274 g/mol. The predicted molar refractivity (Wildman–Crippen MR) is 81.0 cm³/mol. The second-order valence-electron chi connectivity index (χ2n) is 3.84. The van der Waals surface area contributed by atoms with Crippen molar-refractivity contribution in [3.8, 4) is 17.4 Å². The Morgan fingerprint density at radius 1 is 1.25 bits per heavy atom. The summed E-state index contributed by atoms with van der Waals surface area (Å²) < 4.78 is 11.2. The molecule has 2 aromatic rings. The maximum Gasteiger partial charge on any atom is 0.268 e. The van der Waals surface area contributed by atoms with Gasteiger partial charge in [-0.05, 0) is 25.3 Å². The Bertz CT molecular complexity index is 578. The molecular formula is C14H17N3O2S. The number of hydrogen-bond acceptors (Lipinski definition) is 6. The zero-order valence-corrected chi connectivity index (χ0v) is 12.5. The number of ether oxygens (including phenoxy) is 2. The van der Waals surface area contributed by atoms with E-state index in [1.807, 2.05) is 37.4 Å². The Labute approximate surface area is 122 Å². The Hall–Kier alpha value is -1.95. The van der Waals surface area contributed by atoms with Crippen molar-refractivity contribution in [3.05, 3.63) is 30.6 Å². The Morgan fingerprint density at radius 3 is 2.75 bits per heavy atom. The van der Waals surface area contributed by atoms with Crippen molar-refractivity contribution in [2.45, 2.75) is 11.8 Å². The van der Waals surface area contributed by atoms with Crippen LogP contribution < -0.4 is 14.8 Å². The van der Waals surface area contributed by atoms with Gasteiger partial charge in [-0.25, -0.2) is 4.98 Å². The fourth-order valence-electron chi connectivity index (χ4n) is 1.71. The van der Waals surface area contributed by atoms with Crippen molar-refractivity contribution in [1.82, 2.24) is 9.97 Å². The summed E-state index contributed by atoms with van der Waals surface area (Å²) in [5.74, 6) is 2.28. The summed E-state index contributed by atoms with van der Waals surface area (Å²) >= 11 is 1.62. The van der Waals surface area contributed by atoms with Crippen molar-refractivity contribution >= 4 is 17.6 Å². The molecule has 0 fully saturated rings. The van der Waals surface area contributed by atoms with Crippen molar-refractivity contribution in [2.24, 2.45) is 0 Å². The average Bonchev–Trinajstić information content (AvgIpc) is 2.48. The minimum absolute atomic E-state index is 0.403. The molecule has 1 heterocycles. The molecule has 1 aromatic carbocycles. The predicted octanol–water partition coefficient (Wildman–Crippen LogP) is 3.43. The highest BCUT2D eigenvalue weighted by molar-refractivity contribution is 7.98. The molecule has 20 heavy (non-hydrogen) atoms. The van der Waals surface area contributed by atoms with Crippen LogP contribution in [-0.2, 0) is 0 Å². The second-order valence-corrected chi connectivity index (χ2v) is 4.69. The van der Waals surface area contributed by atoms with Gasteiger partial charge in [0.2, 0.25) is 5.75 Å². The van der Waals surface area contributed by atoms with E-state index in [2.05, 4.69) is 15.3 Å². The highest BCUT2D eigenvalue weighted by atomic mass is 32.2. The first-order chi connectivity index (χ1) is 9.80. The number of hydrogen-bond donors (Lipinski definition) is 1. The lowest BCUT2D eigenvalue weighted by molar-refractivity contribution is 0.366. The van der Waals surface area contributed by atoms with Crippen LogP contribution in [0.25, 0.3) is 0 Å². The van der Waals surface area contributed by atoms with E-state index in [9.17, 15) is 0 Å². The molecule has 2 rings (SSSR count). The maximum absolute atomic E-state index is 5.87. The van der Waals surface area contributed by atoms with E-state index in [4.69, 9.17) is 9.47 Å². The molecule has 5 nitrogen and oxygen atoms in total. The summed E-state index contributed by atoms with van der Waals surface area (Å²) in [6.07, 6.45) is 3.46. The van der Waals surface area contributed by atoms with E-state index >= 15 is 0 Å². The molecule has 0 saturated carbocycles. The van der Waals surface area contributed by atoms with Crippen LogP contribution in [0.3, 0.4) is 0 Å². The quantitative estimate of drug-likeness (QED) is 0.823. The van der Waals surface area contributed by atoms with Gasteiger partial charge < -0.3 is 14.8 Å². The van der Waals surface area contributed by atoms with Gasteiger partial charge >= 0.3 is 0 Å². The van der Waals surface area contributed by atoms with Gasteiger partial charge in [-0.2, -0.15) is 4.98 Å². The number of nitrogens with zero attached hydrogens (tertiary/aromatic N) is 2. The molecule has 6 heteroatoms. The van der Waals surface area contributed by atoms with Gasteiger partial charge in [0.25, 0.3) is 5.88 Å². The lowest BCUT2D eigenvalue weighted by Gasteiger charge is -2.13. The van der Waals surface area contributed by atoms with Gasteiger partial charge in [-0.3, -0.25) is 0 Å². The third kappa shape index (κ3) is 3.14.